The fraction of sp³-hybridized carbons (Fsp3) is 0.833. The van der Waals surface area contributed by atoms with E-state index >= 15 is 0 Å². The molecule has 1 heterocycles. The van der Waals surface area contributed by atoms with E-state index in [1.807, 2.05) is 5.43 Å². The maximum Gasteiger partial charge on any atom is 0.401 e. The number of hydrogen-bond donors (Lipinski definition) is 2. The number of rotatable bonds is 2. The molecule has 0 aromatic carbocycles. The first-order valence-electron chi connectivity index (χ1n) is 3.72. The van der Waals surface area contributed by atoms with Crippen LogP contribution in [0.3, 0.4) is 0 Å². The fourth-order valence-electron chi connectivity index (χ4n) is 1.24. The third kappa shape index (κ3) is 2.85. The molecule has 1 amide bonds. The van der Waals surface area contributed by atoms with Crippen LogP contribution in [0, 0.1) is 5.92 Å². The van der Waals surface area contributed by atoms with Gasteiger partial charge in [-0.3, -0.25) is 15.1 Å². The molecule has 0 spiro atoms. The second kappa shape index (κ2) is 3.51. The van der Waals surface area contributed by atoms with Crippen molar-refractivity contribution < 1.29 is 18.0 Å². The van der Waals surface area contributed by atoms with E-state index in [-0.39, 0.29) is 13.1 Å². The van der Waals surface area contributed by atoms with E-state index in [2.05, 4.69) is 0 Å². The van der Waals surface area contributed by atoms with Crippen LogP contribution in [0.5, 0.6) is 0 Å². The van der Waals surface area contributed by atoms with Gasteiger partial charge in [0.05, 0.1) is 12.5 Å². The van der Waals surface area contributed by atoms with Crippen molar-refractivity contribution in [3.05, 3.63) is 0 Å². The molecule has 1 aliphatic rings. The number of carbonyl (C=O) groups excluding carboxylic acids is 1. The van der Waals surface area contributed by atoms with Gasteiger partial charge < -0.3 is 0 Å². The van der Waals surface area contributed by atoms with Gasteiger partial charge in [-0.25, -0.2) is 5.84 Å². The number of carbonyl (C=O) groups is 1. The van der Waals surface area contributed by atoms with Gasteiger partial charge in [-0.05, 0) is 0 Å². The molecular formula is C6H10F3N3O. The Morgan fingerprint density at radius 2 is 2.08 bits per heavy atom. The Morgan fingerprint density at radius 1 is 1.54 bits per heavy atom. The van der Waals surface area contributed by atoms with Gasteiger partial charge in [-0.2, -0.15) is 13.2 Å². The summed E-state index contributed by atoms with van der Waals surface area (Å²) < 4.78 is 35.3. The van der Waals surface area contributed by atoms with Gasteiger partial charge in [-0.15, -0.1) is 0 Å². The molecule has 1 aliphatic heterocycles. The topological polar surface area (TPSA) is 58.4 Å². The minimum atomic E-state index is -4.19. The predicted octanol–water partition coefficient (Wildman–Crippen LogP) is -0.530. The molecule has 0 aromatic rings. The van der Waals surface area contributed by atoms with Crippen molar-refractivity contribution in [2.24, 2.45) is 11.8 Å². The van der Waals surface area contributed by atoms with Crippen molar-refractivity contribution >= 4 is 5.91 Å². The normalized spacial score (nSPS) is 19.7. The Balaban J connectivity index is 2.22. The predicted molar refractivity (Wildman–Crippen MR) is 38.3 cm³/mol. The highest BCUT2D eigenvalue weighted by atomic mass is 19.4. The minimum Gasteiger partial charge on any atom is -0.294 e. The largest absolute Gasteiger partial charge is 0.401 e. The number of halogens is 3. The first kappa shape index (κ1) is 10.3. The summed E-state index contributed by atoms with van der Waals surface area (Å²) in [5.41, 5.74) is 1.90. The van der Waals surface area contributed by atoms with Gasteiger partial charge >= 0.3 is 6.18 Å². The summed E-state index contributed by atoms with van der Waals surface area (Å²) >= 11 is 0. The molecule has 1 fully saturated rings. The average Bonchev–Trinajstić information content (AvgIpc) is 1.92. The molecule has 0 atom stereocenters. The molecule has 0 radical (unpaired) electrons. The second-order valence-corrected chi connectivity index (χ2v) is 3.01. The molecular weight excluding hydrogens is 187 g/mol. The van der Waals surface area contributed by atoms with E-state index in [1.165, 1.54) is 0 Å². The van der Waals surface area contributed by atoms with Gasteiger partial charge in [0.2, 0.25) is 5.91 Å². The quantitative estimate of drug-likeness (QED) is 0.355. The lowest BCUT2D eigenvalue weighted by Crippen LogP contribution is -2.56. The van der Waals surface area contributed by atoms with E-state index in [0.717, 1.165) is 4.90 Å². The number of nitrogens with one attached hydrogen (secondary N) is 1. The number of nitrogens with two attached hydrogens (primary N) is 1. The molecule has 4 nitrogen and oxygen atoms in total. The number of nitrogens with zero attached hydrogens (tertiary/aromatic N) is 1. The Bertz CT molecular complexity index is 200. The van der Waals surface area contributed by atoms with E-state index in [1.54, 1.807) is 0 Å². The number of hydrazine groups is 1. The van der Waals surface area contributed by atoms with E-state index in [9.17, 15) is 18.0 Å². The van der Waals surface area contributed by atoms with Crippen LogP contribution in [-0.2, 0) is 4.79 Å². The summed E-state index contributed by atoms with van der Waals surface area (Å²) in [5, 5.41) is 0. The smallest absolute Gasteiger partial charge is 0.294 e. The summed E-state index contributed by atoms with van der Waals surface area (Å²) in [6.07, 6.45) is -4.19. The number of likely N-dealkylation sites (tertiary alicyclic amines) is 1. The number of hydrogen-bond acceptors (Lipinski definition) is 3. The van der Waals surface area contributed by atoms with E-state index in [0.29, 0.717) is 0 Å². The molecule has 3 N–H and O–H groups in total. The number of amides is 1. The zero-order valence-electron chi connectivity index (χ0n) is 6.77. The molecule has 0 unspecified atom stereocenters. The van der Waals surface area contributed by atoms with Crippen molar-refractivity contribution in [2.45, 2.75) is 6.18 Å². The highest BCUT2D eigenvalue weighted by molar-refractivity contribution is 5.79. The Hall–Kier alpha value is -0.820. The van der Waals surface area contributed by atoms with Gasteiger partial charge in [-0.1, -0.05) is 0 Å². The van der Waals surface area contributed by atoms with Crippen molar-refractivity contribution in [2.75, 3.05) is 19.6 Å². The summed E-state index contributed by atoms with van der Waals surface area (Å²) in [6.45, 7) is -0.702. The molecule has 7 heteroatoms. The summed E-state index contributed by atoms with van der Waals surface area (Å²) in [5.74, 6) is 4.01. The zero-order valence-corrected chi connectivity index (χ0v) is 6.77. The molecule has 1 rings (SSSR count). The maximum absolute atomic E-state index is 11.8. The SMILES string of the molecule is NNC(=O)C1CN(CC(F)(F)F)C1. The van der Waals surface area contributed by atoms with Crippen molar-refractivity contribution in [3.8, 4) is 0 Å². The first-order chi connectivity index (χ1) is 5.92. The Kier molecular flexibility index (Phi) is 2.77. The second-order valence-electron chi connectivity index (χ2n) is 3.01. The summed E-state index contributed by atoms with van der Waals surface area (Å²) in [6, 6.07) is 0. The van der Waals surface area contributed by atoms with Gasteiger partial charge in [0.15, 0.2) is 0 Å². The van der Waals surface area contributed by atoms with Crippen LogP contribution in [-0.4, -0.2) is 36.6 Å². The van der Waals surface area contributed by atoms with Crippen LogP contribution in [0.25, 0.3) is 0 Å². The van der Waals surface area contributed by atoms with E-state index < -0.39 is 24.5 Å². The fourth-order valence-corrected chi connectivity index (χ4v) is 1.24. The highest BCUT2D eigenvalue weighted by Crippen LogP contribution is 2.22. The third-order valence-corrected chi connectivity index (χ3v) is 1.87. The molecule has 0 bridgehead atoms. The van der Waals surface area contributed by atoms with Gasteiger partial charge in [0.25, 0.3) is 0 Å². The van der Waals surface area contributed by atoms with Crippen molar-refractivity contribution in [3.63, 3.8) is 0 Å². The molecule has 0 saturated carbocycles. The molecule has 0 aliphatic carbocycles. The van der Waals surface area contributed by atoms with Crippen molar-refractivity contribution in [1.29, 1.82) is 0 Å². The van der Waals surface area contributed by atoms with Gasteiger partial charge in [0, 0.05) is 13.1 Å². The Labute approximate surface area is 72.8 Å². The lowest BCUT2D eigenvalue weighted by Gasteiger charge is -2.37. The standard InChI is InChI=1S/C6H10F3N3O/c7-6(8,9)3-12-1-4(2-12)5(13)11-10/h4H,1-3,10H2,(H,11,13). The number of alkyl halides is 3. The molecule has 1 saturated heterocycles. The average molecular weight is 197 g/mol. The summed E-state index contributed by atoms with van der Waals surface area (Å²) in [7, 11) is 0. The lowest BCUT2D eigenvalue weighted by atomic mass is 10.00. The zero-order chi connectivity index (χ0) is 10.1. The summed E-state index contributed by atoms with van der Waals surface area (Å²) in [4.78, 5) is 11.9. The van der Waals surface area contributed by atoms with Crippen LogP contribution in [0.4, 0.5) is 13.2 Å². The van der Waals surface area contributed by atoms with Crippen molar-refractivity contribution in [1.82, 2.24) is 10.3 Å². The highest BCUT2D eigenvalue weighted by Gasteiger charge is 2.39. The van der Waals surface area contributed by atoms with Crippen LogP contribution in [0.1, 0.15) is 0 Å². The molecule has 0 aromatic heterocycles. The van der Waals surface area contributed by atoms with E-state index in [4.69, 9.17) is 5.84 Å². The van der Waals surface area contributed by atoms with Crippen LogP contribution >= 0.6 is 0 Å². The van der Waals surface area contributed by atoms with Crippen LogP contribution in [0.15, 0.2) is 0 Å². The van der Waals surface area contributed by atoms with Crippen LogP contribution < -0.4 is 11.3 Å². The Morgan fingerprint density at radius 3 is 2.46 bits per heavy atom. The van der Waals surface area contributed by atoms with Crippen LogP contribution in [0.2, 0.25) is 0 Å². The third-order valence-electron chi connectivity index (χ3n) is 1.87. The maximum atomic E-state index is 11.8. The minimum absolute atomic E-state index is 0.128. The molecule has 76 valence electrons. The first-order valence-corrected chi connectivity index (χ1v) is 3.72. The lowest BCUT2D eigenvalue weighted by molar-refractivity contribution is -0.163. The monoisotopic (exact) mass is 197 g/mol. The van der Waals surface area contributed by atoms with Gasteiger partial charge in [0.1, 0.15) is 0 Å². The molecule has 13 heavy (non-hydrogen) atoms.